The van der Waals surface area contributed by atoms with E-state index in [4.69, 9.17) is 15.2 Å². The summed E-state index contributed by atoms with van der Waals surface area (Å²) >= 11 is 0. The van der Waals surface area contributed by atoms with Crippen LogP contribution in [0.5, 0.6) is 0 Å². The van der Waals surface area contributed by atoms with E-state index in [-0.39, 0.29) is 5.91 Å². The zero-order valence-corrected chi connectivity index (χ0v) is 12.2. The van der Waals surface area contributed by atoms with Crippen molar-refractivity contribution in [3.05, 3.63) is 35.4 Å². The number of carbonyl (C=O) groups is 1. The molecule has 0 radical (unpaired) electrons. The average Bonchev–Trinajstić information content (AvgIpc) is 2.53. The first-order valence-electron chi connectivity index (χ1n) is 6.93. The summed E-state index contributed by atoms with van der Waals surface area (Å²) in [5, 5.41) is 0. The molecule has 1 aromatic rings. The Labute approximate surface area is 125 Å². The Balaban J connectivity index is 1.98. The van der Waals surface area contributed by atoms with Gasteiger partial charge >= 0.3 is 0 Å². The number of carbonyl (C=O) groups excluding carboxylic acids is 1. The van der Waals surface area contributed by atoms with Gasteiger partial charge in [-0.2, -0.15) is 0 Å². The van der Waals surface area contributed by atoms with E-state index in [9.17, 15) is 4.79 Å². The molecule has 0 aliphatic carbocycles. The van der Waals surface area contributed by atoms with Crippen LogP contribution in [-0.4, -0.2) is 50.3 Å². The van der Waals surface area contributed by atoms with Crippen LogP contribution in [0, 0.1) is 11.8 Å². The largest absolute Gasteiger partial charge is 0.376 e. The molecule has 0 bridgehead atoms. The Hall–Kier alpha value is -1.87. The molecule has 1 amide bonds. The first-order chi connectivity index (χ1) is 10.2. The molecule has 1 aliphatic rings. The Morgan fingerprint density at radius 2 is 2.33 bits per heavy atom. The van der Waals surface area contributed by atoms with E-state index in [1.54, 1.807) is 11.9 Å². The number of nitrogens with zero attached hydrogens (tertiary/aromatic N) is 1. The van der Waals surface area contributed by atoms with Crippen molar-refractivity contribution < 1.29 is 14.3 Å². The molecule has 2 rings (SSSR count). The summed E-state index contributed by atoms with van der Waals surface area (Å²) in [5.41, 5.74) is 7.28. The SMILES string of the molecule is CN(Cc1cccc(C#CCN)c1)C(=O)C1COCCO1. The van der Waals surface area contributed by atoms with Crippen molar-refractivity contribution in [3.8, 4) is 11.8 Å². The number of likely N-dealkylation sites (N-methyl/N-ethyl adjacent to an activating group) is 1. The summed E-state index contributed by atoms with van der Waals surface area (Å²) in [6, 6.07) is 7.78. The highest BCUT2D eigenvalue weighted by molar-refractivity contribution is 5.80. The van der Waals surface area contributed by atoms with Crippen molar-refractivity contribution in [3.63, 3.8) is 0 Å². The van der Waals surface area contributed by atoms with Crippen LogP contribution in [0.4, 0.5) is 0 Å². The lowest BCUT2D eigenvalue weighted by molar-refractivity contribution is -0.157. The van der Waals surface area contributed by atoms with Gasteiger partial charge in [0.05, 0.1) is 26.4 Å². The molecule has 0 spiro atoms. The normalized spacial score (nSPS) is 17.7. The fourth-order valence-corrected chi connectivity index (χ4v) is 2.13. The molecule has 1 atom stereocenters. The highest BCUT2D eigenvalue weighted by Gasteiger charge is 2.25. The molecular weight excluding hydrogens is 268 g/mol. The minimum atomic E-state index is -0.496. The van der Waals surface area contributed by atoms with E-state index in [0.29, 0.717) is 32.9 Å². The maximum Gasteiger partial charge on any atom is 0.254 e. The summed E-state index contributed by atoms with van der Waals surface area (Å²) < 4.78 is 10.7. The lowest BCUT2D eigenvalue weighted by atomic mass is 10.1. The van der Waals surface area contributed by atoms with Gasteiger partial charge in [-0.3, -0.25) is 4.79 Å². The molecule has 2 N–H and O–H groups in total. The molecule has 0 saturated carbocycles. The molecule has 1 aromatic carbocycles. The van der Waals surface area contributed by atoms with E-state index in [1.807, 2.05) is 24.3 Å². The van der Waals surface area contributed by atoms with Gasteiger partial charge in [-0.25, -0.2) is 0 Å². The smallest absolute Gasteiger partial charge is 0.254 e. The van der Waals surface area contributed by atoms with E-state index in [2.05, 4.69) is 11.8 Å². The zero-order valence-electron chi connectivity index (χ0n) is 12.2. The quantitative estimate of drug-likeness (QED) is 0.816. The third-order valence-electron chi connectivity index (χ3n) is 3.15. The van der Waals surface area contributed by atoms with Gasteiger partial charge in [-0.15, -0.1) is 0 Å². The average molecular weight is 288 g/mol. The minimum absolute atomic E-state index is 0.0619. The van der Waals surface area contributed by atoms with Crippen LogP contribution >= 0.6 is 0 Å². The molecule has 21 heavy (non-hydrogen) atoms. The third-order valence-corrected chi connectivity index (χ3v) is 3.15. The van der Waals surface area contributed by atoms with Gasteiger partial charge in [0.1, 0.15) is 0 Å². The molecule has 1 aliphatic heterocycles. The summed E-state index contributed by atoms with van der Waals surface area (Å²) in [5.74, 6) is 5.75. The molecule has 112 valence electrons. The Morgan fingerprint density at radius 3 is 3.05 bits per heavy atom. The van der Waals surface area contributed by atoms with Crippen LogP contribution in [0.15, 0.2) is 24.3 Å². The summed E-state index contributed by atoms with van der Waals surface area (Å²) in [6.45, 7) is 2.19. The van der Waals surface area contributed by atoms with Gasteiger partial charge in [-0.1, -0.05) is 24.0 Å². The van der Waals surface area contributed by atoms with Crippen molar-refractivity contribution >= 4 is 5.91 Å². The van der Waals surface area contributed by atoms with Crippen LogP contribution in [0.25, 0.3) is 0 Å². The number of rotatable bonds is 3. The van der Waals surface area contributed by atoms with Crippen LogP contribution in [0.3, 0.4) is 0 Å². The summed E-state index contributed by atoms with van der Waals surface area (Å²) in [7, 11) is 1.76. The molecule has 1 unspecified atom stereocenters. The molecule has 1 saturated heterocycles. The lowest BCUT2D eigenvalue weighted by Crippen LogP contribution is -2.43. The maximum atomic E-state index is 12.2. The maximum absolute atomic E-state index is 12.2. The highest BCUT2D eigenvalue weighted by Crippen LogP contribution is 2.10. The number of ether oxygens (including phenoxy) is 2. The predicted octanol–water partition coefficient (Wildman–Crippen LogP) is 0.371. The number of hydrogen-bond acceptors (Lipinski definition) is 4. The second-order valence-electron chi connectivity index (χ2n) is 4.83. The Morgan fingerprint density at radius 1 is 1.48 bits per heavy atom. The summed E-state index contributed by atoms with van der Waals surface area (Å²) in [6.07, 6.45) is -0.496. The molecule has 1 heterocycles. The lowest BCUT2D eigenvalue weighted by Gasteiger charge is -2.26. The second kappa shape index (κ2) is 7.79. The van der Waals surface area contributed by atoms with E-state index >= 15 is 0 Å². The van der Waals surface area contributed by atoms with Crippen molar-refractivity contribution in [1.29, 1.82) is 0 Å². The Kier molecular flexibility index (Phi) is 5.76. The van der Waals surface area contributed by atoms with Gasteiger partial charge in [0.25, 0.3) is 5.91 Å². The van der Waals surface area contributed by atoms with Gasteiger partial charge in [0.15, 0.2) is 6.10 Å². The molecule has 0 aromatic heterocycles. The van der Waals surface area contributed by atoms with Crippen molar-refractivity contribution in [2.45, 2.75) is 12.6 Å². The standard InChI is InChI=1S/C16H20N2O3/c1-18(16(19)15-12-20-8-9-21-15)11-14-5-2-4-13(10-14)6-3-7-17/h2,4-5,10,15H,7-9,11-12,17H2,1H3. The van der Waals surface area contributed by atoms with Crippen molar-refractivity contribution in [2.75, 3.05) is 33.4 Å². The van der Waals surface area contributed by atoms with E-state index < -0.39 is 6.10 Å². The molecule has 5 heteroatoms. The molecule has 5 nitrogen and oxygen atoms in total. The number of amides is 1. The minimum Gasteiger partial charge on any atom is -0.376 e. The molecular formula is C16H20N2O3. The van der Waals surface area contributed by atoms with E-state index in [1.165, 1.54) is 0 Å². The summed E-state index contributed by atoms with van der Waals surface area (Å²) in [4.78, 5) is 13.9. The monoisotopic (exact) mass is 288 g/mol. The first kappa shape index (κ1) is 15.5. The van der Waals surface area contributed by atoms with Gasteiger partial charge in [0, 0.05) is 19.2 Å². The Bertz CT molecular complexity index is 542. The fourth-order valence-electron chi connectivity index (χ4n) is 2.13. The van der Waals surface area contributed by atoms with Gasteiger partial charge in [0.2, 0.25) is 0 Å². The number of benzene rings is 1. The topological polar surface area (TPSA) is 64.8 Å². The van der Waals surface area contributed by atoms with Gasteiger partial charge < -0.3 is 20.1 Å². The molecule has 1 fully saturated rings. The predicted molar refractivity (Wildman–Crippen MR) is 79.4 cm³/mol. The van der Waals surface area contributed by atoms with Crippen LogP contribution in [0.2, 0.25) is 0 Å². The van der Waals surface area contributed by atoms with Crippen LogP contribution in [-0.2, 0) is 20.8 Å². The first-order valence-corrected chi connectivity index (χ1v) is 6.93. The van der Waals surface area contributed by atoms with Crippen molar-refractivity contribution in [1.82, 2.24) is 4.90 Å². The zero-order chi connectivity index (χ0) is 15.1. The van der Waals surface area contributed by atoms with E-state index in [0.717, 1.165) is 11.1 Å². The third kappa shape index (κ3) is 4.57. The van der Waals surface area contributed by atoms with Crippen molar-refractivity contribution in [2.24, 2.45) is 5.73 Å². The highest BCUT2D eigenvalue weighted by atomic mass is 16.6. The second-order valence-corrected chi connectivity index (χ2v) is 4.83. The fraction of sp³-hybridized carbons (Fsp3) is 0.438. The van der Waals surface area contributed by atoms with Crippen LogP contribution < -0.4 is 5.73 Å². The number of hydrogen-bond donors (Lipinski definition) is 1. The van der Waals surface area contributed by atoms with Gasteiger partial charge in [-0.05, 0) is 17.7 Å². The number of nitrogens with two attached hydrogens (primary N) is 1. The van der Waals surface area contributed by atoms with Crippen LogP contribution in [0.1, 0.15) is 11.1 Å².